The molecule has 148 valence electrons. The molecule has 5 nitrogen and oxygen atoms in total. The Balaban J connectivity index is 0.00000243. The van der Waals surface area contributed by atoms with E-state index in [9.17, 15) is 18.0 Å². The Morgan fingerprint density at radius 2 is 2.00 bits per heavy atom. The number of aryl methyl sites for hydroxylation is 1. The van der Waals surface area contributed by atoms with E-state index in [0.717, 1.165) is 12.1 Å². The number of rotatable bonds is 4. The van der Waals surface area contributed by atoms with Crippen molar-refractivity contribution < 1.29 is 18.0 Å². The molecule has 1 saturated heterocycles. The number of amides is 1. The van der Waals surface area contributed by atoms with Crippen LogP contribution in [0.15, 0.2) is 12.4 Å². The Labute approximate surface area is 157 Å². The molecule has 3 rings (SSSR count). The van der Waals surface area contributed by atoms with Crippen molar-refractivity contribution >= 4 is 18.3 Å². The van der Waals surface area contributed by atoms with E-state index < -0.39 is 12.1 Å². The Hall–Kier alpha value is -1.28. The molecular weight excluding hydrogens is 369 g/mol. The zero-order valence-corrected chi connectivity index (χ0v) is 15.6. The van der Waals surface area contributed by atoms with Gasteiger partial charge in [-0.25, -0.2) is 0 Å². The number of hydrogen-bond acceptors (Lipinski definition) is 3. The average molecular weight is 395 g/mol. The van der Waals surface area contributed by atoms with E-state index >= 15 is 0 Å². The summed E-state index contributed by atoms with van der Waals surface area (Å²) in [5.74, 6) is -1.11. The molecular formula is C17H26ClF3N4O. The number of hydrogen-bond donors (Lipinski definition) is 2. The molecule has 0 aromatic carbocycles. The number of nitrogens with one attached hydrogen (secondary N) is 2. The minimum atomic E-state index is -4.08. The van der Waals surface area contributed by atoms with Crippen molar-refractivity contribution in [2.24, 2.45) is 24.8 Å². The highest BCUT2D eigenvalue weighted by molar-refractivity contribution is 5.85. The standard InChI is InChI=1S/C17H25F3N4O.ClH/c1-24-10-12(7-23-24)14-8-21-9-15(14)16(25)22-6-11-2-4-13(5-3-11)17(18,19)20;/h7,10-11,13-15,21H,2-6,8-9H2,1H3,(H,22,25);1H/t11?,13?,14-,15+;/m1./s1. The quantitative estimate of drug-likeness (QED) is 0.825. The van der Waals surface area contributed by atoms with Crippen LogP contribution in [0.4, 0.5) is 13.2 Å². The monoisotopic (exact) mass is 394 g/mol. The van der Waals surface area contributed by atoms with E-state index in [1.807, 2.05) is 13.2 Å². The number of carbonyl (C=O) groups excluding carboxylic acids is 1. The molecule has 2 fully saturated rings. The van der Waals surface area contributed by atoms with Gasteiger partial charge >= 0.3 is 6.18 Å². The fourth-order valence-corrected chi connectivity index (χ4v) is 4.01. The summed E-state index contributed by atoms with van der Waals surface area (Å²) in [6.07, 6.45) is 1.03. The zero-order valence-electron chi connectivity index (χ0n) is 14.8. The van der Waals surface area contributed by atoms with Crippen molar-refractivity contribution in [3.05, 3.63) is 18.0 Å². The second kappa shape index (κ2) is 8.61. The van der Waals surface area contributed by atoms with Gasteiger partial charge in [-0.1, -0.05) is 0 Å². The third-order valence-electron chi connectivity index (χ3n) is 5.58. The van der Waals surface area contributed by atoms with Gasteiger partial charge in [0, 0.05) is 38.8 Å². The van der Waals surface area contributed by atoms with Gasteiger partial charge in [0.15, 0.2) is 0 Å². The molecule has 9 heteroatoms. The minimum absolute atomic E-state index is 0. The summed E-state index contributed by atoms with van der Waals surface area (Å²) in [5, 5.41) is 10.4. The highest BCUT2D eigenvalue weighted by Crippen LogP contribution is 2.39. The number of alkyl halides is 3. The fraction of sp³-hybridized carbons (Fsp3) is 0.765. The van der Waals surface area contributed by atoms with Crippen molar-refractivity contribution in [3.8, 4) is 0 Å². The first-order valence-corrected chi connectivity index (χ1v) is 8.88. The van der Waals surface area contributed by atoms with Crippen LogP contribution in [-0.2, 0) is 11.8 Å². The van der Waals surface area contributed by atoms with Gasteiger partial charge in [-0.3, -0.25) is 9.48 Å². The van der Waals surface area contributed by atoms with Crippen LogP contribution in [-0.4, -0.2) is 41.5 Å². The number of aromatic nitrogens is 2. The summed E-state index contributed by atoms with van der Waals surface area (Å²) >= 11 is 0. The normalized spacial score (nSPS) is 29.2. The second-order valence-corrected chi connectivity index (χ2v) is 7.32. The van der Waals surface area contributed by atoms with Gasteiger partial charge in [-0.05, 0) is 37.2 Å². The van der Waals surface area contributed by atoms with Crippen LogP contribution in [0.5, 0.6) is 0 Å². The molecule has 0 spiro atoms. The summed E-state index contributed by atoms with van der Waals surface area (Å²) in [6.45, 7) is 1.83. The molecule has 1 aliphatic carbocycles. The molecule has 0 unspecified atom stereocenters. The summed E-state index contributed by atoms with van der Waals surface area (Å²) in [7, 11) is 1.85. The molecule has 0 bridgehead atoms. The molecule has 1 amide bonds. The van der Waals surface area contributed by atoms with Crippen LogP contribution in [0, 0.1) is 17.8 Å². The van der Waals surface area contributed by atoms with Crippen molar-refractivity contribution in [2.75, 3.05) is 19.6 Å². The van der Waals surface area contributed by atoms with Crippen LogP contribution in [0.3, 0.4) is 0 Å². The van der Waals surface area contributed by atoms with E-state index in [-0.39, 0.29) is 48.9 Å². The van der Waals surface area contributed by atoms with E-state index in [2.05, 4.69) is 15.7 Å². The lowest BCUT2D eigenvalue weighted by Gasteiger charge is -2.30. The third-order valence-corrected chi connectivity index (χ3v) is 5.58. The molecule has 2 atom stereocenters. The number of nitrogens with zero attached hydrogens (tertiary/aromatic N) is 2. The molecule has 2 heterocycles. The lowest BCUT2D eigenvalue weighted by molar-refractivity contribution is -0.183. The van der Waals surface area contributed by atoms with Gasteiger partial charge in [0.25, 0.3) is 0 Å². The summed E-state index contributed by atoms with van der Waals surface area (Å²) in [6, 6.07) is 0. The van der Waals surface area contributed by atoms with E-state index in [1.165, 1.54) is 0 Å². The predicted octanol–water partition coefficient (Wildman–Crippen LogP) is 2.63. The molecule has 2 N–H and O–H groups in total. The SMILES string of the molecule is Cl.Cn1cc([C@H]2CNC[C@@H]2C(=O)NCC2CCC(C(F)(F)F)CC2)cn1. The zero-order chi connectivity index (χ0) is 18.0. The van der Waals surface area contributed by atoms with E-state index in [4.69, 9.17) is 0 Å². The molecule has 1 aromatic heterocycles. The third kappa shape index (κ3) is 4.91. The van der Waals surface area contributed by atoms with Crippen molar-refractivity contribution in [3.63, 3.8) is 0 Å². The lowest BCUT2D eigenvalue weighted by atomic mass is 9.81. The topological polar surface area (TPSA) is 59.0 Å². The highest BCUT2D eigenvalue weighted by Gasteiger charge is 2.41. The predicted molar refractivity (Wildman–Crippen MR) is 94.1 cm³/mol. The Bertz CT molecular complexity index is 599. The van der Waals surface area contributed by atoms with Crippen LogP contribution in [0.1, 0.15) is 37.2 Å². The molecule has 1 aromatic rings. The summed E-state index contributed by atoms with van der Waals surface area (Å²) < 4.78 is 39.9. The van der Waals surface area contributed by atoms with Crippen molar-refractivity contribution in [1.82, 2.24) is 20.4 Å². The maximum atomic E-state index is 12.7. The Kier molecular flexibility index (Phi) is 6.96. The van der Waals surface area contributed by atoms with E-state index in [0.29, 0.717) is 25.9 Å². The molecule has 0 radical (unpaired) electrons. The largest absolute Gasteiger partial charge is 0.391 e. The van der Waals surface area contributed by atoms with Crippen molar-refractivity contribution in [2.45, 2.75) is 37.8 Å². The molecule has 2 aliphatic rings. The Morgan fingerprint density at radius 3 is 2.58 bits per heavy atom. The summed E-state index contributed by atoms with van der Waals surface area (Å²) in [5.41, 5.74) is 1.04. The first-order chi connectivity index (χ1) is 11.8. The van der Waals surface area contributed by atoms with Gasteiger partial charge < -0.3 is 10.6 Å². The Morgan fingerprint density at radius 1 is 1.31 bits per heavy atom. The van der Waals surface area contributed by atoms with Gasteiger partial charge in [-0.2, -0.15) is 18.3 Å². The van der Waals surface area contributed by atoms with Crippen LogP contribution >= 0.6 is 12.4 Å². The highest BCUT2D eigenvalue weighted by atomic mass is 35.5. The first-order valence-electron chi connectivity index (χ1n) is 8.88. The summed E-state index contributed by atoms with van der Waals surface area (Å²) in [4.78, 5) is 12.5. The fourth-order valence-electron chi connectivity index (χ4n) is 4.01. The van der Waals surface area contributed by atoms with Gasteiger partial charge in [0.05, 0.1) is 18.0 Å². The number of carbonyl (C=O) groups is 1. The first kappa shape index (κ1) is 21.0. The van der Waals surface area contributed by atoms with Crippen molar-refractivity contribution in [1.29, 1.82) is 0 Å². The van der Waals surface area contributed by atoms with E-state index in [1.54, 1.807) is 10.9 Å². The lowest BCUT2D eigenvalue weighted by Crippen LogP contribution is -2.38. The smallest absolute Gasteiger partial charge is 0.356 e. The molecule has 1 saturated carbocycles. The van der Waals surface area contributed by atoms with Crippen LogP contribution < -0.4 is 10.6 Å². The van der Waals surface area contributed by atoms with Gasteiger partial charge in [-0.15, -0.1) is 12.4 Å². The molecule has 26 heavy (non-hydrogen) atoms. The van der Waals surface area contributed by atoms with Gasteiger partial charge in [0.2, 0.25) is 5.91 Å². The second-order valence-electron chi connectivity index (χ2n) is 7.32. The van der Waals surface area contributed by atoms with Crippen LogP contribution in [0.25, 0.3) is 0 Å². The average Bonchev–Trinajstić information content (AvgIpc) is 3.20. The molecule has 1 aliphatic heterocycles. The van der Waals surface area contributed by atoms with Crippen LogP contribution in [0.2, 0.25) is 0 Å². The minimum Gasteiger partial charge on any atom is -0.356 e. The van der Waals surface area contributed by atoms with Gasteiger partial charge in [0.1, 0.15) is 0 Å². The maximum absolute atomic E-state index is 12.7. The number of halogens is 4. The maximum Gasteiger partial charge on any atom is 0.391 e.